The third-order valence-electron chi connectivity index (χ3n) is 2.92. The Balaban J connectivity index is 2.58. The van der Waals surface area contributed by atoms with Crippen LogP contribution in [0.2, 0.25) is 0 Å². The molecule has 0 saturated carbocycles. The first-order chi connectivity index (χ1) is 9.81. The highest BCUT2D eigenvalue weighted by molar-refractivity contribution is 5.75. The minimum Gasteiger partial charge on any atom is -0.493 e. The highest BCUT2D eigenvalue weighted by atomic mass is 19.1. The van der Waals surface area contributed by atoms with E-state index >= 15 is 0 Å². The summed E-state index contributed by atoms with van der Waals surface area (Å²) in [6.45, 7) is 7.12. The van der Waals surface area contributed by atoms with E-state index in [1.165, 1.54) is 12.1 Å². The fourth-order valence-corrected chi connectivity index (χ4v) is 1.73. The summed E-state index contributed by atoms with van der Waals surface area (Å²) in [5, 5.41) is 5.88. The molecule has 0 aliphatic rings. The second-order valence-corrected chi connectivity index (χ2v) is 5.98. The van der Waals surface area contributed by atoms with E-state index in [0.29, 0.717) is 31.7 Å². The Morgan fingerprint density at radius 3 is 2.67 bits per heavy atom. The van der Waals surface area contributed by atoms with Gasteiger partial charge in [0.2, 0.25) is 5.91 Å². The van der Waals surface area contributed by atoms with Gasteiger partial charge in [0, 0.05) is 31.1 Å². The summed E-state index contributed by atoms with van der Waals surface area (Å²) in [7, 11) is 1.61. The molecular weight excluding hydrogens is 271 g/mol. The molecule has 0 unspecified atom stereocenters. The molecule has 1 aromatic carbocycles. The quantitative estimate of drug-likeness (QED) is 0.761. The summed E-state index contributed by atoms with van der Waals surface area (Å²) in [6, 6.07) is 4.50. The van der Waals surface area contributed by atoms with E-state index < -0.39 is 0 Å². The predicted octanol–water partition coefficient (Wildman–Crippen LogP) is 2.62. The molecule has 2 N–H and O–H groups in total. The molecule has 1 rings (SSSR count). The largest absolute Gasteiger partial charge is 0.493 e. The van der Waals surface area contributed by atoms with Gasteiger partial charge in [-0.15, -0.1) is 0 Å². The third-order valence-corrected chi connectivity index (χ3v) is 2.92. The molecule has 0 heterocycles. The number of carbonyl (C=O) groups excluding carboxylic acids is 1. The molecule has 0 spiro atoms. The van der Waals surface area contributed by atoms with Crippen molar-refractivity contribution in [3.63, 3.8) is 0 Å². The monoisotopic (exact) mass is 296 g/mol. The van der Waals surface area contributed by atoms with Gasteiger partial charge in [-0.3, -0.25) is 4.79 Å². The molecule has 0 saturated heterocycles. The van der Waals surface area contributed by atoms with Crippen molar-refractivity contribution in [2.75, 3.05) is 13.7 Å². The van der Waals surface area contributed by atoms with E-state index in [2.05, 4.69) is 31.4 Å². The highest BCUT2D eigenvalue weighted by Gasteiger charge is 2.12. The fraction of sp³-hybridized carbons (Fsp3) is 0.562. The van der Waals surface area contributed by atoms with Gasteiger partial charge in [0.05, 0.1) is 6.61 Å². The number of benzene rings is 1. The lowest BCUT2D eigenvalue weighted by molar-refractivity contribution is -0.120. The molecule has 4 nitrogen and oxygen atoms in total. The van der Waals surface area contributed by atoms with Gasteiger partial charge < -0.3 is 15.4 Å². The van der Waals surface area contributed by atoms with Crippen LogP contribution < -0.4 is 15.4 Å². The number of rotatable bonds is 7. The van der Waals surface area contributed by atoms with Crippen LogP contribution in [0.5, 0.6) is 5.75 Å². The summed E-state index contributed by atoms with van der Waals surface area (Å²) >= 11 is 0. The Morgan fingerprint density at radius 1 is 1.33 bits per heavy atom. The average molecular weight is 296 g/mol. The fourth-order valence-electron chi connectivity index (χ4n) is 1.73. The molecule has 0 aromatic heterocycles. The first kappa shape index (κ1) is 17.4. The smallest absolute Gasteiger partial charge is 0.219 e. The van der Waals surface area contributed by atoms with Crippen LogP contribution in [0.1, 0.15) is 39.2 Å². The molecular formula is C16H25FN2O2. The summed E-state index contributed by atoms with van der Waals surface area (Å²) in [5.41, 5.74) is 0.730. The second-order valence-electron chi connectivity index (χ2n) is 5.98. The second kappa shape index (κ2) is 7.98. The predicted molar refractivity (Wildman–Crippen MR) is 81.8 cm³/mol. The maximum atomic E-state index is 13.4. The van der Waals surface area contributed by atoms with Crippen molar-refractivity contribution in [3.8, 4) is 5.75 Å². The first-order valence-electron chi connectivity index (χ1n) is 7.18. The van der Waals surface area contributed by atoms with Crippen LogP contribution in [0.4, 0.5) is 4.39 Å². The Kier molecular flexibility index (Phi) is 6.62. The van der Waals surface area contributed by atoms with Gasteiger partial charge in [-0.2, -0.15) is 0 Å². The maximum Gasteiger partial charge on any atom is 0.219 e. The number of hydrogen-bond acceptors (Lipinski definition) is 3. The molecule has 21 heavy (non-hydrogen) atoms. The van der Waals surface area contributed by atoms with E-state index in [1.54, 1.807) is 13.1 Å². The molecule has 0 fully saturated rings. The SMILES string of the molecule is CNC(=O)CCCOc1ccc(F)cc1CNC(C)(C)C. The number of hydrogen-bond donors (Lipinski definition) is 2. The number of nitrogens with one attached hydrogen (secondary N) is 2. The van der Waals surface area contributed by atoms with Crippen molar-refractivity contribution in [2.24, 2.45) is 0 Å². The van der Waals surface area contributed by atoms with Gasteiger partial charge >= 0.3 is 0 Å². The lowest BCUT2D eigenvalue weighted by Gasteiger charge is -2.21. The van der Waals surface area contributed by atoms with Crippen LogP contribution >= 0.6 is 0 Å². The van der Waals surface area contributed by atoms with Crippen molar-refractivity contribution in [3.05, 3.63) is 29.6 Å². The van der Waals surface area contributed by atoms with Crippen LogP contribution in [0, 0.1) is 5.82 Å². The maximum absolute atomic E-state index is 13.4. The molecule has 118 valence electrons. The van der Waals surface area contributed by atoms with Crippen LogP contribution in [0.25, 0.3) is 0 Å². The van der Waals surface area contributed by atoms with Gasteiger partial charge in [0.15, 0.2) is 0 Å². The Morgan fingerprint density at radius 2 is 2.05 bits per heavy atom. The normalized spacial score (nSPS) is 11.3. The molecule has 1 amide bonds. The van der Waals surface area contributed by atoms with Crippen molar-refractivity contribution in [2.45, 2.75) is 45.7 Å². The number of ether oxygens (including phenoxy) is 1. The number of carbonyl (C=O) groups is 1. The zero-order valence-electron chi connectivity index (χ0n) is 13.3. The van der Waals surface area contributed by atoms with Crippen LogP contribution in [-0.2, 0) is 11.3 Å². The van der Waals surface area contributed by atoms with E-state index in [4.69, 9.17) is 4.74 Å². The standard InChI is InChI=1S/C16H25FN2O2/c1-16(2,3)19-11-12-10-13(17)7-8-14(12)21-9-5-6-15(20)18-4/h7-8,10,19H,5-6,9,11H2,1-4H3,(H,18,20). The van der Waals surface area contributed by atoms with E-state index in [0.717, 1.165) is 5.56 Å². The van der Waals surface area contributed by atoms with Crippen LogP contribution in [0.15, 0.2) is 18.2 Å². The van der Waals surface area contributed by atoms with Crippen LogP contribution in [0.3, 0.4) is 0 Å². The third kappa shape index (κ3) is 7.09. The molecule has 0 aliphatic carbocycles. The van der Waals surface area contributed by atoms with Crippen molar-refractivity contribution < 1.29 is 13.9 Å². The first-order valence-corrected chi connectivity index (χ1v) is 7.18. The Hall–Kier alpha value is -1.62. The van der Waals surface area contributed by atoms with Crippen molar-refractivity contribution in [1.82, 2.24) is 10.6 Å². The zero-order valence-corrected chi connectivity index (χ0v) is 13.3. The van der Waals surface area contributed by atoms with E-state index in [1.807, 2.05) is 0 Å². The lowest BCUT2D eigenvalue weighted by Crippen LogP contribution is -2.35. The van der Waals surface area contributed by atoms with Crippen LogP contribution in [-0.4, -0.2) is 25.1 Å². The molecule has 5 heteroatoms. The molecule has 0 atom stereocenters. The minimum atomic E-state index is -0.279. The van der Waals surface area contributed by atoms with Gasteiger partial charge in [0.1, 0.15) is 11.6 Å². The Labute approximate surface area is 126 Å². The topological polar surface area (TPSA) is 50.4 Å². The molecule has 1 aromatic rings. The summed E-state index contributed by atoms with van der Waals surface area (Å²) in [6.07, 6.45) is 1.05. The number of halogens is 1. The zero-order chi connectivity index (χ0) is 15.9. The van der Waals surface area contributed by atoms with Crippen molar-refractivity contribution >= 4 is 5.91 Å². The van der Waals surface area contributed by atoms with Gasteiger partial charge in [-0.1, -0.05) is 0 Å². The lowest BCUT2D eigenvalue weighted by atomic mass is 10.1. The van der Waals surface area contributed by atoms with Gasteiger partial charge in [-0.25, -0.2) is 4.39 Å². The summed E-state index contributed by atoms with van der Waals surface area (Å²) in [5.74, 6) is 0.371. The Bertz CT molecular complexity index is 470. The number of amides is 1. The summed E-state index contributed by atoms with van der Waals surface area (Å²) < 4.78 is 19.0. The molecule has 0 radical (unpaired) electrons. The average Bonchev–Trinajstić information content (AvgIpc) is 2.41. The van der Waals surface area contributed by atoms with Gasteiger partial charge in [-0.05, 0) is 45.4 Å². The molecule has 0 aliphatic heterocycles. The van der Waals surface area contributed by atoms with Gasteiger partial charge in [0.25, 0.3) is 0 Å². The minimum absolute atomic E-state index is 0.00710. The highest BCUT2D eigenvalue weighted by Crippen LogP contribution is 2.21. The van der Waals surface area contributed by atoms with E-state index in [-0.39, 0.29) is 17.3 Å². The van der Waals surface area contributed by atoms with E-state index in [9.17, 15) is 9.18 Å². The summed E-state index contributed by atoms with van der Waals surface area (Å²) in [4.78, 5) is 11.1. The molecule has 0 bridgehead atoms. The van der Waals surface area contributed by atoms with Crippen molar-refractivity contribution in [1.29, 1.82) is 0 Å².